The van der Waals surface area contributed by atoms with Crippen molar-refractivity contribution >= 4 is 15.6 Å². The lowest BCUT2D eigenvalue weighted by atomic mass is 10.2. The number of fused-ring (bicyclic) bond motifs is 1. The Bertz CT molecular complexity index is 1010. The molecule has 2 aromatic heterocycles. The van der Waals surface area contributed by atoms with E-state index in [1.807, 2.05) is 37.3 Å². The lowest BCUT2D eigenvalue weighted by Gasteiger charge is -2.05. The second-order valence-electron chi connectivity index (χ2n) is 6.59. The number of hydrogen-bond acceptors (Lipinski definition) is 5. The van der Waals surface area contributed by atoms with E-state index in [-0.39, 0.29) is 10.9 Å². The van der Waals surface area contributed by atoms with Crippen molar-refractivity contribution < 1.29 is 8.42 Å². The van der Waals surface area contributed by atoms with Gasteiger partial charge in [-0.05, 0) is 31.4 Å². The lowest BCUT2D eigenvalue weighted by Crippen LogP contribution is -2.08. The van der Waals surface area contributed by atoms with Gasteiger partial charge in [0, 0.05) is 11.4 Å². The molecule has 0 saturated heterocycles. The first-order chi connectivity index (χ1) is 12.4. The van der Waals surface area contributed by atoms with Crippen LogP contribution >= 0.6 is 0 Å². The maximum atomic E-state index is 12.8. The van der Waals surface area contributed by atoms with Crippen molar-refractivity contribution in [3.05, 3.63) is 52.8 Å². The highest BCUT2D eigenvalue weighted by atomic mass is 32.2. The molecule has 0 spiro atoms. The van der Waals surface area contributed by atoms with Gasteiger partial charge in [0.15, 0.2) is 0 Å². The van der Waals surface area contributed by atoms with Gasteiger partial charge in [-0.15, -0.1) is 5.10 Å². The molecule has 0 radical (unpaired) electrons. The molecule has 6 nitrogen and oxygen atoms in total. The summed E-state index contributed by atoms with van der Waals surface area (Å²) in [6.45, 7) is 6.14. The molecule has 0 aliphatic rings. The second-order valence-corrected chi connectivity index (χ2v) is 8.47. The predicted molar refractivity (Wildman–Crippen MR) is 101 cm³/mol. The Balaban J connectivity index is 2.01. The summed E-state index contributed by atoms with van der Waals surface area (Å²) in [6, 6.07) is 9.45. The van der Waals surface area contributed by atoms with E-state index < -0.39 is 9.84 Å². The van der Waals surface area contributed by atoms with Gasteiger partial charge in [0.05, 0.1) is 5.75 Å². The molecule has 0 unspecified atom stereocenters. The van der Waals surface area contributed by atoms with Crippen LogP contribution < -0.4 is 0 Å². The van der Waals surface area contributed by atoms with Crippen molar-refractivity contribution in [2.45, 2.75) is 57.4 Å². The van der Waals surface area contributed by atoms with Gasteiger partial charge in [0.1, 0.15) is 0 Å². The minimum Gasteiger partial charge on any atom is -0.220 e. The highest BCUT2D eigenvalue weighted by molar-refractivity contribution is 7.90. The van der Waals surface area contributed by atoms with Gasteiger partial charge >= 0.3 is 0 Å². The van der Waals surface area contributed by atoms with Gasteiger partial charge in [-0.3, -0.25) is 0 Å². The average molecular weight is 372 g/mol. The average Bonchev–Trinajstić information content (AvgIpc) is 3.03. The smallest absolute Gasteiger partial charge is 0.220 e. The van der Waals surface area contributed by atoms with Gasteiger partial charge in [0.25, 0.3) is 10.9 Å². The molecule has 2 heterocycles. The summed E-state index contributed by atoms with van der Waals surface area (Å²) in [5, 5.41) is 4.12. The lowest BCUT2D eigenvalue weighted by molar-refractivity contribution is 0.585. The standard InChI is InChI=1S/C19H24N4O2S/c1-4-6-16-12-17(7-5-2)23-18(20-16)21-19(22-23)26(24,25)13-15-10-8-14(3)9-11-15/h8-12H,4-7,13H2,1-3H3. The summed E-state index contributed by atoms with van der Waals surface area (Å²) in [4.78, 5) is 8.72. The van der Waals surface area contributed by atoms with Crippen LogP contribution in [0.15, 0.2) is 35.5 Å². The van der Waals surface area contributed by atoms with E-state index in [1.54, 1.807) is 4.52 Å². The van der Waals surface area contributed by atoms with Crippen LogP contribution in [0.4, 0.5) is 0 Å². The number of aryl methyl sites for hydroxylation is 3. The molecule has 0 aliphatic heterocycles. The van der Waals surface area contributed by atoms with Gasteiger partial charge in [-0.25, -0.2) is 17.9 Å². The summed E-state index contributed by atoms with van der Waals surface area (Å²) < 4.78 is 27.1. The van der Waals surface area contributed by atoms with Crippen LogP contribution in [-0.2, 0) is 28.4 Å². The molecule has 0 N–H and O–H groups in total. The molecule has 26 heavy (non-hydrogen) atoms. The summed E-state index contributed by atoms with van der Waals surface area (Å²) in [5.74, 6) is 0.247. The molecule has 0 fully saturated rings. The van der Waals surface area contributed by atoms with Crippen molar-refractivity contribution in [1.29, 1.82) is 0 Å². The zero-order valence-corrected chi connectivity index (χ0v) is 16.3. The molecule has 138 valence electrons. The number of sulfone groups is 1. The number of rotatable bonds is 7. The zero-order chi connectivity index (χ0) is 18.7. The first kappa shape index (κ1) is 18.5. The molecule has 3 aromatic rings. The topological polar surface area (TPSA) is 77.2 Å². The fourth-order valence-electron chi connectivity index (χ4n) is 2.88. The number of aromatic nitrogens is 4. The molecule has 3 rings (SSSR count). The highest BCUT2D eigenvalue weighted by Crippen LogP contribution is 2.17. The Morgan fingerprint density at radius 3 is 2.35 bits per heavy atom. The Morgan fingerprint density at radius 1 is 1.00 bits per heavy atom. The van der Waals surface area contributed by atoms with E-state index in [0.717, 1.165) is 48.2 Å². The van der Waals surface area contributed by atoms with Gasteiger partial charge in [-0.1, -0.05) is 56.5 Å². The van der Waals surface area contributed by atoms with Crippen LogP contribution in [0, 0.1) is 6.92 Å². The van der Waals surface area contributed by atoms with Crippen LogP contribution in [0.1, 0.15) is 49.2 Å². The van der Waals surface area contributed by atoms with E-state index in [2.05, 4.69) is 28.9 Å². The Morgan fingerprint density at radius 2 is 1.69 bits per heavy atom. The van der Waals surface area contributed by atoms with Gasteiger partial charge < -0.3 is 0 Å². The minimum atomic E-state index is -3.63. The molecular formula is C19H24N4O2S. The molecule has 0 saturated carbocycles. The third-order valence-electron chi connectivity index (χ3n) is 4.19. The molecule has 1 aromatic carbocycles. The number of nitrogens with zero attached hydrogens (tertiary/aromatic N) is 4. The minimum absolute atomic E-state index is 0.116. The van der Waals surface area contributed by atoms with Crippen LogP contribution in [0.3, 0.4) is 0 Å². The third kappa shape index (κ3) is 3.93. The third-order valence-corrected chi connectivity index (χ3v) is 5.63. The fourth-order valence-corrected chi connectivity index (χ4v) is 4.07. The Hall–Kier alpha value is -2.28. The summed E-state index contributed by atoms with van der Waals surface area (Å²) in [7, 11) is -3.63. The van der Waals surface area contributed by atoms with Crippen LogP contribution in [0.5, 0.6) is 0 Å². The van der Waals surface area contributed by atoms with Crippen LogP contribution in [0.25, 0.3) is 5.78 Å². The van der Waals surface area contributed by atoms with Crippen molar-refractivity contribution in [3.63, 3.8) is 0 Å². The fraction of sp³-hybridized carbons (Fsp3) is 0.421. The van der Waals surface area contributed by atoms with Gasteiger partial charge in [-0.2, -0.15) is 4.98 Å². The molecular weight excluding hydrogens is 348 g/mol. The molecule has 7 heteroatoms. The van der Waals surface area contributed by atoms with Crippen molar-refractivity contribution in [2.24, 2.45) is 0 Å². The summed E-state index contributed by atoms with van der Waals surface area (Å²) in [6.07, 6.45) is 3.56. The predicted octanol–water partition coefficient (Wildman–Crippen LogP) is 3.31. The first-order valence-electron chi connectivity index (χ1n) is 8.96. The largest absolute Gasteiger partial charge is 0.269 e. The molecule has 0 amide bonds. The van der Waals surface area contributed by atoms with E-state index in [9.17, 15) is 8.42 Å². The maximum absolute atomic E-state index is 12.8. The monoisotopic (exact) mass is 372 g/mol. The molecule has 0 bridgehead atoms. The second kappa shape index (κ2) is 7.53. The van der Waals surface area contributed by atoms with E-state index >= 15 is 0 Å². The van der Waals surface area contributed by atoms with Crippen LogP contribution in [-0.4, -0.2) is 28.0 Å². The Kier molecular flexibility index (Phi) is 5.36. The van der Waals surface area contributed by atoms with Gasteiger partial charge in [0.2, 0.25) is 9.84 Å². The normalized spacial score (nSPS) is 12.0. The Labute approximate surface area is 154 Å². The SMILES string of the molecule is CCCc1cc(CCC)n2nc(S(=O)(=O)Cc3ccc(C)cc3)nc2n1. The molecule has 0 atom stereocenters. The zero-order valence-electron chi connectivity index (χ0n) is 15.4. The maximum Gasteiger partial charge on any atom is 0.269 e. The summed E-state index contributed by atoms with van der Waals surface area (Å²) >= 11 is 0. The first-order valence-corrected chi connectivity index (χ1v) is 10.6. The van der Waals surface area contributed by atoms with Crippen molar-refractivity contribution in [3.8, 4) is 0 Å². The highest BCUT2D eigenvalue weighted by Gasteiger charge is 2.23. The van der Waals surface area contributed by atoms with E-state index in [0.29, 0.717) is 5.78 Å². The molecule has 0 aliphatic carbocycles. The number of benzene rings is 1. The van der Waals surface area contributed by atoms with E-state index in [4.69, 9.17) is 0 Å². The van der Waals surface area contributed by atoms with E-state index in [1.165, 1.54) is 0 Å². The van der Waals surface area contributed by atoms with Crippen molar-refractivity contribution in [2.75, 3.05) is 0 Å². The quantitative estimate of drug-likeness (QED) is 0.636. The van der Waals surface area contributed by atoms with Crippen molar-refractivity contribution in [1.82, 2.24) is 19.6 Å². The summed E-state index contributed by atoms with van der Waals surface area (Å²) in [5.41, 5.74) is 3.69. The van der Waals surface area contributed by atoms with Crippen LogP contribution in [0.2, 0.25) is 0 Å². The number of hydrogen-bond donors (Lipinski definition) is 0.